The lowest BCUT2D eigenvalue weighted by atomic mass is 10.1. The number of carbonyl (C=O) groups excluding carboxylic acids is 1. The average Bonchev–Trinajstić information content (AvgIpc) is 3.02. The number of aliphatic hydroxyl groups is 1. The van der Waals surface area contributed by atoms with Crippen molar-refractivity contribution in [3.8, 4) is 0 Å². The molecule has 1 aromatic heterocycles. The summed E-state index contributed by atoms with van der Waals surface area (Å²) in [6.07, 6.45) is 0. The van der Waals surface area contributed by atoms with Gasteiger partial charge in [0.15, 0.2) is 0 Å². The lowest BCUT2D eigenvalue weighted by Gasteiger charge is -2.09. The quantitative estimate of drug-likeness (QED) is 0.432. The van der Waals surface area contributed by atoms with Crippen LogP contribution < -0.4 is 16.7 Å². The number of amides is 1. The number of fused-ring (bicyclic) bond motifs is 1. The Morgan fingerprint density at radius 1 is 0.900 bits per heavy atom. The number of rotatable bonds is 6. The highest BCUT2D eigenvalue weighted by Crippen LogP contribution is 2.19. The van der Waals surface area contributed by atoms with Crippen molar-refractivity contribution in [3.63, 3.8) is 0 Å². The summed E-state index contributed by atoms with van der Waals surface area (Å²) in [6, 6.07) is 21.7. The zero-order valence-electron chi connectivity index (χ0n) is 16.3. The molecule has 3 aromatic carbocycles. The van der Waals surface area contributed by atoms with Crippen molar-refractivity contribution in [1.82, 2.24) is 9.13 Å². The minimum atomic E-state index is -0.254. The van der Waals surface area contributed by atoms with Gasteiger partial charge in [0, 0.05) is 5.56 Å². The fraction of sp³-hybridized carbons (Fsp3) is 0.130. The average molecular weight is 402 g/mol. The van der Waals surface area contributed by atoms with Gasteiger partial charge in [-0.25, -0.2) is 4.79 Å². The van der Waals surface area contributed by atoms with E-state index < -0.39 is 0 Å². The first-order valence-corrected chi connectivity index (χ1v) is 9.62. The predicted octanol–water partition coefficient (Wildman–Crippen LogP) is 2.68. The van der Waals surface area contributed by atoms with Crippen molar-refractivity contribution in [3.05, 3.63) is 94.4 Å². The molecule has 4 rings (SSSR count). The van der Waals surface area contributed by atoms with E-state index in [1.165, 1.54) is 0 Å². The van der Waals surface area contributed by atoms with Crippen LogP contribution in [-0.4, -0.2) is 26.8 Å². The number of nitrogen functional groups attached to an aromatic ring is 1. The minimum Gasteiger partial charge on any atom is -0.397 e. The van der Waals surface area contributed by atoms with Crippen LogP contribution >= 0.6 is 0 Å². The standard InChI is InChI=1S/C23H22N4O3/c24-18-5-1-2-6-19(18)25-22(29)17-11-9-16(10-12-17)15-27-21-8-4-3-7-20(21)26(13-14-28)23(27)30/h1-12,28H,13-15,24H2,(H,25,29). The first-order chi connectivity index (χ1) is 14.6. The largest absolute Gasteiger partial charge is 0.397 e. The van der Waals surface area contributed by atoms with Gasteiger partial charge in [0.05, 0.1) is 42.1 Å². The second-order valence-electron chi connectivity index (χ2n) is 6.97. The molecule has 0 aliphatic heterocycles. The Kier molecular flexibility index (Phi) is 5.36. The number of imidazole rings is 1. The van der Waals surface area contributed by atoms with E-state index in [0.717, 1.165) is 16.6 Å². The van der Waals surface area contributed by atoms with Gasteiger partial charge < -0.3 is 16.2 Å². The van der Waals surface area contributed by atoms with Gasteiger partial charge in [-0.05, 0) is 42.0 Å². The van der Waals surface area contributed by atoms with Gasteiger partial charge >= 0.3 is 5.69 Å². The van der Waals surface area contributed by atoms with Gasteiger partial charge in [0.25, 0.3) is 5.91 Å². The maximum absolute atomic E-state index is 12.8. The van der Waals surface area contributed by atoms with Gasteiger partial charge in [-0.15, -0.1) is 0 Å². The van der Waals surface area contributed by atoms with Crippen molar-refractivity contribution in [1.29, 1.82) is 0 Å². The molecule has 7 heteroatoms. The Hall–Kier alpha value is -3.84. The van der Waals surface area contributed by atoms with Crippen molar-refractivity contribution >= 4 is 28.3 Å². The van der Waals surface area contributed by atoms with Crippen molar-refractivity contribution in [2.75, 3.05) is 17.7 Å². The minimum absolute atomic E-state index is 0.107. The fourth-order valence-corrected chi connectivity index (χ4v) is 3.49. The monoisotopic (exact) mass is 402 g/mol. The number of nitrogens with zero attached hydrogens (tertiary/aromatic N) is 2. The van der Waals surface area contributed by atoms with Crippen LogP contribution in [-0.2, 0) is 13.1 Å². The van der Waals surface area contributed by atoms with Crippen LogP contribution in [0.25, 0.3) is 11.0 Å². The van der Waals surface area contributed by atoms with Crippen LogP contribution in [0.15, 0.2) is 77.6 Å². The first-order valence-electron chi connectivity index (χ1n) is 9.62. The Balaban J connectivity index is 1.57. The van der Waals surface area contributed by atoms with Crippen LogP contribution in [0.5, 0.6) is 0 Å². The van der Waals surface area contributed by atoms with E-state index in [4.69, 9.17) is 5.73 Å². The summed E-state index contributed by atoms with van der Waals surface area (Å²) in [5.41, 5.74) is 9.74. The predicted molar refractivity (Wildman–Crippen MR) is 118 cm³/mol. The van der Waals surface area contributed by atoms with E-state index in [1.54, 1.807) is 45.5 Å². The molecular weight excluding hydrogens is 380 g/mol. The lowest BCUT2D eigenvalue weighted by molar-refractivity contribution is 0.102. The van der Waals surface area contributed by atoms with Gasteiger partial charge in [0.1, 0.15) is 0 Å². The molecule has 1 heterocycles. The molecule has 7 nitrogen and oxygen atoms in total. The summed E-state index contributed by atoms with van der Waals surface area (Å²) in [5, 5.41) is 12.1. The third-order valence-corrected chi connectivity index (χ3v) is 5.01. The smallest absolute Gasteiger partial charge is 0.329 e. The SMILES string of the molecule is Nc1ccccc1NC(=O)c1ccc(Cn2c(=O)n(CCO)c3ccccc32)cc1. The summed E-state index contributed by atoms with van der Waals surface area (Å²) >= 11 is 0. The molecule has 0 aliphatic carbocycles. The van der Waals surface area contributed by atoms with Crippen LogP contribution in [0.2, 0.25) is 0 Å². The Morgan fingerprint density at radius 2 is 1.53 bits per heavy atom. The number of nitrogens with two attached hydrogens (primary N) is 1. The Morgan fingerprint density at radius 3 is 2.20 bits per heavy atom. The zero-order valence-corrected chi connectivity index (χ0v) is 16.3. The summed E-state index contributed by atoms with van der Waals surface area (Å²) in [6.45, 7) is 0.503. The third-order valence-electron chi connectivity index (χ3n) is 5.01. The first kappa shape index (κ1) is 19.5. The molecule has 0 spiro atoms. The number of aromatic nitrogens is 2. The molecular formula is C23H22N4O3. The van der Waals surface area contributed by atoms with E-state index >= 15 is 0 Å². The fourth-order valence-electron chi connectivity index (χ4n) is 3.49. The molecule has 0 aliphatic rings. The maximum Gasteiger partial charge on any atom is 0.329 e. The molecule has 4 aromatic rings. The van der Waals surface area contributed by atoms with Gasteiger partial charge in [-0.2, -0.15) is 0 Å². The molecule has 0 saturated heterocycles. The molecule has 152 valence electrons. The molecule has 0 saturated carbocycles. The molecule has 30 heavy (non-hydrogen) atoms. The van der Waals surface area contributed by atoms with Crippen LogP contribution in [0.1, 0.15) is 15.9 Å². The highest BCUT2D eigenvalue weighted by molar-refractivity contribution is 6.05. The summed E-state index contributed by atoms with van der Waals surface area (Å²) in [4.78, 5) is 25.3. The van der Waals surface area contributed by atoms with E-state index in [0.29, 0.717) is 23.5 Å². The number of nitrogens with one attached hydrogen (secondary N) is 1. The molecule has 0 fully saturated rings. The summed E-state index contributed by atoms with van der Waals surface area (Å²) in [7, 11) is 0. The second-order valence-corrected chi connectivity index (χ2v) is 6.97. The number of anilines is 2. The maximum atomic E-state index is 12.8. The third kappa shape index (κ3) is 3.70. The zero-order chi connectivity index (χ0) is 21.1. The van der Waals surface area contributed by atoms with E-state index in [-0.39, 0.29) is 24.7 Å². The number of aliphatic hydroxyl groups excluding tert-OH is 1. The van der Waals surface area contributed by atoms with Crippen LogP contribution in [0.4, 0.5) is 11.4 Å². The Bertz CT molecular complexity index is 1260. The van der Waals surface area contributed by atoms with Crippen LogP contribution in [0.3, 0.4) is 0 Å². The molecule has 0 unspecified atom stereocenters. The Labute approximate surface area is 173 Å². The highest BCUT2D eigenvalue weighted by atomic mass is 16.3. The number of para-hydroxylation sites is 4. The summed E-state index contributed by atoms with van der Waals surface area (Å²) in [5.74, 6) is -0.254. The van der Waals surface area contributed by atoms with E-state index in [9.17, 15) is 14.7 Å². The normalized spacial score (nSPS) is 11.0. The van der Waals surface area contributed by atoms with Crippen molar-refractivity contribution < 1.29 is 9.90 Å². The topological polar surface area (TPSA) is 102 Å². The molecule has 4 N–H and O–H groups in total. The summed E-state index contributed by atoms with van der Waals surface area (Å²) < 4.78 is 3.24. The van der Waals surface area contributed by atoms with Gasteiger partial charge in [0.2, 0.25) is 0 Å². The molecule has 1 amide bonds. The van der Waals surface area contributed by atoms with Gasteiger partial charge in [-0.1, -0.05) is 36.4 Å². The van der Waals surface area contributed by atoms with Crippen LogP contribution in [0, 0.1) is 0 Å². The number of hydrogen-bond acceptors (Lipinski definition) is 4. The van der Waals surface area contributed by atoms with Crippen molar-refractivity contribution in [2.24, 2.45) is 0 Å². The van der Waals surface area contributed by atoms with E-state index in [1.807, 2.05) is 36.4 Å². The molecule has 0 atom stereocenters. The number of hydrogen-bond donors (Lipinski definition) is 3. The highest BCUT2D eigenvalue weighted by Gasteiger charge is 2.13. The second kappa shape index (κ2) is 8.26. The molecule has 0 bridgehead atoms. The van der Waals surface area contributed by atoms with E-state index in [2.05, 4.69) is 5.32 Å². The lowest BCUT2D eigenvalue weighted by Crippen LogP contribution is -2.25. The van der Waals surface area contributed by atoms with Crippen molar-refractivity contribution in [2.45, 2.75) is 13.1 Å². The number of carbonyl (C=O) groups is 1. The molecule has 0 radical (unpaired) electrons. The van der Waals surface area contributed by atoms with Gasteiger partial charge in [-0.3, -0.25) is 13.9 Å². The number of benzene rings is 3.